The highest BCUT2D eigenvalue weighted by atomic mass is 16.8. The number of esters is 3. The van der Waals surface area contributed by atoms with Gasteiger partial charge in [-0.05, 0) is 0 Å². The van der Waals surface area contributed by atoms with Crippen LogP contribution in [0.4, 0.5) is 0 Å². The Hall–Kier alpha value is -1.67. The van der Waals surface area contributed by atoms with Gasteiger partial charge in [-0.2, -0.15) is 0 Å². The van der Waals surface area contributed by atoms with Crippen molar-refractivity contribution < 1.29 is 38.1 Å². The molecule has 0 bridgehead atoms. The molecule has 0 amide bonds. The van der Waals surface area contributed by atoms with E-state index in [-0.39, 0.29) is 13.2 Å². The largest absolute Gasteiger partial charge is 0.463 e. The summed E-state index contributed by atoms with van der Waals surface area (Å²) in [5, 5.41) is 0. The van der Waals surface area contributed by atoms with Crippen molar-refractivity contribution >= 4 is 17.9 Å². The predicted octanol–water partition coefficient (Wildman–Crippen LogP) is -0.257. The molecule has 0 aromatic heterocycles. The number of hydrogen-bond donors (Lipinski definition) is 0. The van der Waals surface area contributed by atoms with Crippen molar-refractivity contribution in [2.24, 2.45) is 0 Å². The van der Waals surface area contributed by atoms with E-state index in [0.29, 0.717) is 0 Å². The summed E-state index contributed by atoms with van der Waals surface area (Å²) in [6.07, 6.45) is -2.79. The van der Waals surface area contributed by atoms with E-state index < -0.39 is 36.6 Å². The van der Waals surface area contributed by atoms with Crippen molar-refractivity contribution in [1.29, 1.82) is 0 Å². The zero-order chi connectivity index (χ0) is 14.4. The molecule has 0 saturated carbocycles. The van der Waals surface area contributed by atoms with Gasteiger partial charge in [0.1, 0.15) is 13.2 Å². The van der Waals surface area contributed by atoms with Crippen LogP contribution in [0.15, 0.2) is 0 Å². The summed E-state index contributed by atoms with van der Waals surface area (Å²) >= 11 is 0. The van der Waals surface area contributed by atoms with Crippen LogP contribution in [0.1, 0.15) is 20.8 Å². The van der Waals surface area contributed by atoms with Gasteiger partial charge >= 0.3 is 17.9 Å². The van der Waals surface area contributed by atoms with Crippen LogP contribution in [-0.2, 0) is 38.1 Å². The summed E-state index contributed by atoms with van der Waals surface area (Å²) in [4.78, 5) is 32.5. The lowest BCUT2D eigenvalue weighted by Crippen LogP contribution is -2.49. The molecular weight excluding hydrogens is 260 g/mol. The van der Waals surface area contributed by atoms with Crippen LogP contribution in [0.25, 0.3) is 0 Å². The SMILES string of the molecule is CC(=O)OCC1OC(OC(C)=O)COC1OC(C)=O. The van der Waals surface area contributed by atoms with E-state index in [1.807, 2.05) is 0 Å². The van der Waals surface area contributed by atoms with Crippen molar-refractivity contribution in [3.63, 3.8) is 0 Å². The molecule has 8 heteroatoms. The summed E-state index contributed by atoms with van der Waals surface area (Å²) in [5.74, 6) is -1.61. The van der Waals surface area contributed by atoms with Gasteiger partial charge in [0.25, 0.3) is 0 Å². The van der Waals surface area contributed by atoms with Gasteiger partial charge in [0.2, 0.25) is 12.6 Å². The van der Waals surface area contributed by atoms with E-state index in [9.17, 15) is 14.4 Å². The molecule has 0 aromatic rings. The second kappa shape index (κ2) is 7.05. The Kier molecular flexibility index (Phi) is 5.71. The summed E-state index contributed by atoms with van der Waals surface area (Å²) in [6.45, 7) is 3.42. The van der Waals surface area contributed by atoms with Crippen molar-refractivity contribution in [2.75, 3.05) is 13.2 Å². The topological polar surface area (TPSA) is 97.4 Å². The molecule has 8 nitrogen and oxygen atoms in total. The number of hydrogen-bond acceptors (Lipinski definition) is 8. The van der Waals surface area contributed by atoms with Crippen molar-refractivity contribution in [3.05, 3.63) is 0 Å². The quantitative estimate of drug-likeness (QED) is 0.512. The summed E-state index contributed by atoms with van der Waals surface area (Å²) in [5.41, 5.74) is 0. The van der Waals surface area contributed by atoms with Crippen LogP contribution in [-0.4, -0.2) is 49.8 Å². The van der Waals surface area contributed by atoms with Gasteiger partial charge in [0, 0.05) is 20.8 Å². The lowest BCUT2D eigenvalue weighted by Gasteiger charge is -2.34. The predicted molar refractivity (Wildman–Crippen MR) is 58.6 cm³/mol. The Morgan fingerprint density at radius 3 is 2.21 bits per heavy atom. The van der Waals surface area contributed by atoms with Crippen molar-refractivity contribution in [2.45, 2.75) is 39.5 Å². The zero-order valence-electron chi connectivity index (χ0n) is 10.9. The Bertz CT molecular complexity index is 353. The highest BCUT2D eigenvalue weighted by Crippen LogP contribution is 2.18. The van der Waals surface area contributed by atoms with E-state index in [4.69, 9.17) is 23.7 Å². The van der Waals surface area contributed by atoms with E-state index in [1.54, 1.807) is 0 Å². The fourth-order valence-corrected chi connectivity index (χ4v) is 1.42. The molecule has 108 valence electrons. The maximum absolute atomic E-state index is 10.9. The number of ether oxygens (including phenoxy) is 5. The molecule has 19 heavy (non-hydrogen) atoms. The van der Waals surface area contributed by atoms with E-state index in [0.717, 1.165) is 0 Å². The summed E-state index contributed by atoms with van der Waals surface area (Å²) < 4.78 is 25.0. The van der Waals surface area contributed by atoms with Gasteiger partial charge in [-0.1, -0.05) is 0 Å². The molecule has 1 rings (SSSR count). The fraction of sp³-hybridized carbons (Fsp3) is 0.727. The van der Waals surface area contributed by atoms with Crippen LogP contribution >= 0.6 is 0 Å². The Labute approximate surface area is 109 Å². The molecule has 3 atom stereocenters. The third kappa shape index (κ3) is 5.66. The van der Waals surface area contributed by atoms with E-state index in [1.165, 1.54) is 20.8 Å². The molecule has 1 aliphatic heterocycles. The first kappa shape index (κ1) is 15.4. The van der Waals surface area contributed by atoms with E-state index in [2.05, 4.69) is 0 Å². The lowest BCUT2D eigenvalue weighted by atomic mass is 10.3. The first-order chi connectivity index (χ1) is 8.88. The number of rotatable bonds is 4. The fourth-order valence-electron chi connectivity index (χ4n) is 1.42. The minimum atomic E-state index is -1.01. The minimum absolute atomic E-state index is 0.0753. The molecular formula is C11H16O8. The molecule has 0 N–H and O–H groups in total. The highest BCUT2D eigenvalue weighted by Gasteiger charge is 2.36. The molecule has 0 radical (unpaired) electrons. The standard InChI is InChI=1S/C11H16O8/c1-6(12)15-4-9-11(18-8(3)14)16-5-10(19-9)17-7(2)13/h9-11H,4-5H2,1-3H3. The zero-order valence-corrected chi connectivity index (χ0v) is 10.9. The van der Waals surface area contributed by atoms with Crippen molar-refractivity contribution in [3.8, 4) is 0 Å². The van der Waals surface area contributed by atoms with Gasteiger partial charge in [0.05, 0.1) is 0 Å². The molecule has 0 aliphatic carbocycles. The van der Waals surface area contributed by atoms with E-state index >= 15 is 0 Å². The first-order valence-corrected chi connectivity index (χ1v) is 5.63. The Balaban J connectivity index is 2.59. The third-order valence-corrected chi connectivity index (χ3v) is 2.06. The van der Waals surface area contributed by atoms with Crippen LogP contribution in [0, 0.1) is 0 Å². The van der Waals surface area contributed by atoms with Crippen LogP contribution in [0.3, 0.4) is 0 Å². The van der Waals surface area contributed by atoms with Crippen LogP contribution in [0.2, 0.25) is 0 Å². The number of carbonyl (C=O) groups excluding carboxylic acids is 3. The summed E-state index contributed by atoms with van der Waals surface area (Å²) in [7, 11) is 0. The molecule has 0 spiro atoms. The van der Waals surface area contributed by atoms with Gasteiger partial charge < -0.3 is 23.7 Å². The molecule has 1 aliphatic rings. The van der Waals surface area contributed by atoms with Gasteiger partial charge in [0.15, 0.2) is 6.10 Å². The molecule has 1 fully saturated rings. The lowest BCUT2D eigenvalue weighted by molar-refractivity contribution is -0.311. The number of carbonyl (C=O) groups is 3. The Morgan fingerprint density at radius 2 is 1.68 bits per heavy atom. The average Bonchev–Trinajstić information content (AvgIpc) is 2.27. The maximum Gasteiger partial charge on any atom is 0.305 e. The van der Waals surface area contributed by atoms with Gasteiger partial charge in [-0.3, -0.25) is 14.4 Å². The summed E-state index contributed by atoms with van der Waals surface area (Å²) in [6, 6.07) is 0. The van der Waals surface area contributed by atoms with Crippen LogP contribution < -0.4 is 0 Å². The third-order valence-electron chi connectivity index (χ3n) is 2.06. The Morgan fingerprint density at radius 1 is 1.05 bits per heavy atom. The molecule has 0 aromatic carbocycles. The van der Waals surface area contributed by atoms with Gasteiger partial charge in [-0.25, -0.2) is 0 Å². The normalized spacial score (nSPS) is 26.4. The monoisotopic (exact) mass is 276 g/mol. The van der Waals surface area contributed by atoms with Gasteiger partial charge in [-0.15, -0.1) is 0 Å². The first-order valence-electron chi connectivity index (χ1n) is 5.63. The smallest absolute Gasteiger partial charge is 0.305 e. The molecule has 1 heterocycles. The highest BCUT2D eigenvalue weighted by molar-refractivity contribution is 5.67. The molecule has 1 saturated heterocycles. The molecule has 3 unspecified atom stereocenters. The average molecular weight is 276 g/mol. The maximum atomic E-state index is 10.9. The second-order valence-electron chi connectivity index (χ2n) is 3.83. The van der Waals surface area contributed by atoms with Crippen LogP contribution in [0.5, 0.6) is 0 Å². The second-order valence-corrected chi connectivity index (χ2v) is 3.83. The minimum Gasteiger partial charge on any atom is -0.463 e. The van der Waals surface area contributed by atoms with Crippen molar-refractivity contribution in [1.82, 2.24) is 0 Å².